The van der Waals surface area contributed by atoms with Crippen LogP contribution in [-0.2, 0) is 15.1 Å². The minimum absolute atomic E-state index is 0. The number of hydrogen-bond donors (Lipinski definition) is 0. The average molecular weight is 446 g/mol. The Bertz CT molecular complexity index is 420. The van der Waals surface area contributed by atoms with Crippen molar-refractivity contribution in [3.05, 3.63) is 61.9 Å². The van der Waals surface area contributed by atoms with Crippen LogP contribution in [0, 0.1) is 21.0 Å². The summed E-state index contributed by atoms with van der Waals surface area (Å²) in [6, 6.07) is 9.29. The minimum atomic E-state index is -0.346. The molecule has 0 aliphatic carbocycles. The van der Waals surface area contributed by atoms with Gasteiger partial charge in [-0.1, -0.05) is 43.7 Å². The van der Waals surface area contributed by atoms with Crippen molar-refractivity contribution in [2.75, 3.05) is 7.05 Å². The maximum absolute atomic E-state index is 4.85. The van der Waals surface area contributed by atoms with Crippen LogP contribution in [0.25, 0.3) is 0 Å². The number of benzene rings is 1. The molecule has 0 aromatic heterocycles. The van der Waals surface area contributed by atoms with Crippen molar-refractivity contribution in [3.63, 3.8) is 0 Å². The van der Waals surface area contributed by atoms with E-state index in [9.17, 15) is 0 Å². The van der Waals surface area contributed by atoms with Gasteiger partial charge >= 0.3 is 34.5 Å². The summed E-state index contributed by atoms with van der Waals surface area (Å²) in [5.41, 5.74) is 2.76. The molecule has 1 aliphatic heterocycles. The molecule has 1 aromatic carbocycles. The predicted octanol–water partition coefficient (Wildman–Crippen LogP) is 6.18. The van der Waals surface area contributed by atoms with E-state index in [1.807, 2.05) is 18.1 Å². The topological polar surface area (TPSA) is 6.48 Å². The summed E-state index contributed by atoms with van der Waals surface area (Å²) in [6.45, 7) is 12.9. The van der Waals surface area contributed by atoms with Gasteiger partial charge in [0.25, 0.3) is 0 Å². The molecule has 0 saturated heterocycles. The number of rotatable bonds is 2. The molecule has 0 atom stereocenters. The molecular weight excluding hydrogens is 416 g/mol. The first-order valence-electron chi connectivity index (χ1n) is 7.26. The molecule has 1 heterocycles. The second kappa shape index (κ2) is 14.1. The zero-order valence-electron chi connectivity index (χ0n) is 15.2. The van der Waals surface area contributed by atoms with Gasteiger partial charge in [-0.15, -0.1) is 0 Å². The Morgan fingerprint density at radius 3 is 1.74 bits per heavy atom. The Balaban J connectivity index is 0. The summed E-state index contributed by atoms with van der Waals surface area (Å²) >= 11 is -0.346. The Kier molecular flexibility index (Phi) is 15.4. The van der Waals surface area contributed by atoms with Crippen LogP contribution in [0.15, 0.2) is 36.7 Å². The summed E-state index contributed by atoms with van der Waals surface area (Å²) < 4.78 is 0. The predicted molar refractivity (Wildman–Crippen MR) is 102 cm³/mol. The quantitative estimate of drug-likeness (QED) is 0.396. The SMILES string of the molecule is CC(C)N1C=CN(C)[CH-]1.Cc1ccc(C(C)C)cc1.[CH3-].[Cl][Ru+2][Cl]. The van der Waals surface area contributed by atoms with Crippen LogP contribution < -0.4 is 0 Å². The van der Waals surface area contributed by atoms with Crippen molar-refractivity contribution in [1.29, 1.82) is 0 Å². The van der Waals surface area contributed by atoms with E-state index in [1.54, 1.807) is 0 Å². The van der Waals surface area contributed by atoms with Gasteiger partial charge in [-0.2, -0.15) is 6.67 Å². The van der Waals surface area contributed by atoms with Gasteiger partial charge in [0.1, 0.15) is 0 Å². The molecule has 23 heavy (non-hydrogen) atoms. The zero-order valence-corrected chi connectivity index (χ0v) is 18.5. The maximum atomic E-state index is 4.85. The molecule has 2 rings (SSSR count). The Hall–Kier alpha value is -0.237. The molecule has 0 unspecified atom stereocenters. The third-order valence-corrected chi connectivity index (χ3v) is 3.13. The Labute approximate surface area is 159 Å². The molecule has 0 N–H and O–H groups in total. The van der Waals surface area contributed by atoms with Gasteiger partial charge in [0.05, 0.1) is 0 Å². The standard InChI is InChI=1S/C10H14.C7H13N2.CH3.2ClH.Ru/c1-8(2)10-6-4-9(3)5-7-10;1-7(2)9-5-4-8(3)6-9;;;;/h4-8H,1-3H3;4-7H,1-3H3;1H3;2*1H;/q;2*-1;;;+4/p-2. The summed E-state index contributed by atoms with van der Waals surface area (Å²) in [5, 5.41) is 0. The normalized spacial score (nSPS) is 12.4. The third kappa shape index (κ3) is 11.9. The molecule has 134 valence electrons. The van der Waals surface area contributed by atoms with E-state index in [0.29, 0.717) is 12.0 Å². The van der Waals surface area contributed by atoms with Crippen LogP contribution in [0.3, 0.4) is 0 Å². The van der Waals surface area contributed by atoms with Crippen LogP contribution >= 0.6 is 19.4 Å². The van der Waals surface area contributed by atoms with Crippen molar-refractivity contribution in [2.45, 2.75) is 46.6 Å². The van der Waals surface area contributed by atoms with Crippen molar-refractivity contribution < 1.29 is 15.1 Å². The Morgan fingerprint density at radius 2 is 1.48 bits per heavy atom. The van der Waals surface area contributed by atoms with Crippen molar-refractivity contribution in [3.8, 4) is 0 Å². The number of halogens is 2. The molecule has 0 spiro atoms. The third-order valence-electron chi connectivity index (χ3n) is 3.13. The monoisotopic (exact) mass is 446 g/mol. The first kappa shape index (κ1) is 25.0. The number of nitrogens with zero attached hydrogens (tertiary/aromatic N) is 2. The van der Waals surface area contributed by atoms with E-state index in [0.717, 1.165) is 0 Å². The van der Waals surface area contributed by atoms with Gasteiger partial charge in [0.2, 0.25) is 0 Å². The molecule has 1 aliphatic rings. The van der Waals surface area contributed by atoms with Crippen molar-refractivity contribution >= 4 is 19.4 Å². The fourth-order valence-corrected chi connectivity index (χ4v) is 1.73. The fraction of sp³-hybridized carbons (Fsp3) is 0.444. The molecule has 5 heteroatoms. The molecule has 0 amide bonds. The molecule has 0 bridgehead atoms. The van der Waals surface area contributed by atoms with Crippen molar-refractivity contribution in [1.82, 2.24) is 9.80 Å². The summed E-state index contributed by atoms with van der Waals surface area (Å²) in [5.74, 6) is 0.653. The van der Waals surface area contributed by atoms with E-state index in [1.165, 1.54) is 11.1 Å². The second-order valence-corrected chi connectivity index (χ2v) is 8.37. The molecule has 1 aromatic rings. The summed E-state index contributed by atoms with van der Waals surface area (Å²) in [6.07, 6.45) is 4.12. The summed E-state index contributed by atoms with van der Waals surface area (Å²) in [4.78, 5) is 4.21. The van der Waals surface area contributed by atoms with Crippen LogP contribution in [0.2, 0.25) is 0 Å². The molecule has 0 fully saturated rings. The molecular formula is C18H30Cl2N2Ru. The average Bonchev–Trinajstić information content (AvgIpc) is 2.88. The van der Waals surface area contributed by atoms with E-state index >= 15 is 0 Å². The Morgan fingerprint density at radius 1 is 1.00 bits per heavy atom. The number of hydrogen-bond acceptors (Lipinski definition) is 2. The van der Waals surface area contributed by atoms with Crippen LogP contribution in [0.1, 0.15) is 44.7 Å². The van der Waals surface area contributed by atoms with Gasteiger partial charge in [-0.05, 0) is 57.7 Å². The summed E-state index contributed by atoms with van der Waals surface area (Å²) in [7, 11) is 11.7. The van der Waals surface area contributed by atoms with Gasteiger partial charge in [-0.25, -0.2) is 0 Å². The first-order chi connectivity index (χ1) is 10.3. The second-order valence-electron chi connectivity index (χ2n) is 5.74. The van der Waals surface area contributed by atoms with E-state index in [4.69, 9.17) is 19.4 Å². The van der Waals surface area contributed by atoms with Crippen LogP contribution in [-0.4, -0.2) is 22.9 Å². The van der Waals surface area contributed by atoms with Crippen LogP contribution in [0.4, 0.5) is 0 Å². The van der Waals surface area contributed by atoms with E-state index in [2.05, 4.69) is 76.7 Å². The van der Waals surface area contributed by atoms with Gasteiger partial charge in [0, 0.05) is 0 Å². The van der Waals surface area contributed by atoms with Crippen molar-refractivity contribution in [2.24, 2.45) is 0 Å². The van der Waals surface area contributed by atoms with Gasteiger partial charge in [-0.3, -0.25) is 0 Å². The number of aryl methyl sites for hydroxylation is 1. The molecule has 2 nitrogen and oxygen atoms in total. The van der Waals surface area contributed by atoms with Gasteiger partial charge < -0.3 is 17.2 Å². The molecule has 0 saturated carbocycles. The van der Waals surface area contributed by atoms with Crippen LogP contribution in [0.5, 0.6) is 0 Å². The zero-order chi connectivity index (χ0) is 17.1. The van der Waals surface area contributed by atoms with Gasteiger partial charge in [0.15, 0.2) is 0 Å². The molecule has 0 radical (unpaired) electrons. The van der Waals surface area contributed by atoms with E-state index in [-0.39, 0.29) is 22.6 Å². The fourth-order valence-electron chi connectivity index (χ4n) is 1.73. The van der Waals surface area contributed by atoms with E-state index < -0.39 is 0 Å². The first-order valence-corrected chi connectivity index (χ1v) is 11.7.